The van der Waals surface area contributed by atoms with Crippen molar-refractivity contribution in [2.24, 2.45) is 5.73 Å². The molecule has 0 radical (unpaired) electrons. The van der Waals surface area contributed by atoms with Crippen molar-refractivity contribution < 1.29 is 17.9 Å². The molecule has 2 nitrogen and oxygen atoms in total. The lowest BCUT2D eigenvalue weighted by molar-refractivity contribution is -0.139. The van der Waals surface area contributed by atoms with E-state index in [2.05, 4.69) is 15.9 Å². The molecule has 0 aliphatic heterocycles. The summed E-state index contributed by atoms with van der Waals surface area (Å²) < 4.78 is 43.7. The number of halogens is 4. The van der Waals surface area contributed by atoms with Gasteiger partial charge in [0.25, 0.3) is 0 Å². The van der Waals surface area contributed by atoms with Crippen LogP contribution >= 0.6 is 15.9 Å². The smallest absolute Gasteiger partial charge is 0.419 e. The van der Waals surface area contributed by atoms with Crippen LogP contribution in [0.1, 0.15) is 19.4 Å². The fourth-order valence-electron chi connectivity index (χ4n) is 1.11. The van der Waals surface area contributed by atoms with E-state index in [9.17, 15) is 13.2 Å². The van der Waals surface area contributed by atoms with Crippen molar-refractivity contribution in [1.29, 1.82) is 0 Å². The molecule has 0 aliphatic carbocycles. The lowest BCUT2D eigenvalue weighted by Crippen LogP contribution is -2.39. The Morgan fingerprint density at radius 3 is 2.35 bits per heavy atom. The molecule has 0 spiro atoms. The summed E-state index contributed by atoms with van der Waals surface area (Å²) in [6, 6.07) is 3.58. The van der Waals surface area contributed by atoms with Crippen LogP contribution < -0.4 is 10.5 Å². The number of benzene rings is 1. The van der Waals surface area contributed by atoms with Gasteiger partial charge in [0, 0.05) is 10.0 Å². The van der Waals surface area contributed by atoms with Crippen LogP contribution in [0, 0.1) is 0 Å². The van der Waals surface area contributed by atoms with Gasteiger partial charge in [-0.15, -0.1) is 0 Å². The number of rotatable bonds is 3. The third-order valence-corrected chi connectivity index (χ3v) is 2.34. The molecule has 0 heterocycles. The minimum atomic E-state index is -4.44. The second-order valence-electron chi connectivity index (χ2n) is 4.42. The Labute approximate surface area is 106 Å². The second kappa shape index (κ2) is 4.86. The number of hydrogen-bond donors (Lipinski definition) is 1. The summed E-state index contributed by atoms with van der Waals surface area (Å²) in [6.45, 7) is 3.36. The normalized spacial score (nSPS) is 12.6. The van der Waals surface area contributed by atoms with Gasteiger partial charge in [-0.25, -0.2) is 0 Å². The van der Waals surface area contributed by atoms with E-state index in [0.717, 1.165) is 6.07 Å². The predicted molar refractivity (Wildman–Crippen MR) is 62.9 cm³/mol. The molecule has 1 aromatic rings. The third kappa shape index (κ3) is 4.55. The van der Waals surface area contributed by atoms with Gasteiger partial charge in [0.2, 0.25) is 0 Å². The zero-order valence-electron chi connectivity index (χ0n) is 9.44. The molecule has 0 atom stereocenters. The van der Waals surface area contributed by atoms with Crippen molar-refractivity contribution in [2.75, 3.05) is 6.61 Å². The van der Waals surface area contributed by atoms with Crippen LogP contribution in [0.5, 0.6) is 5.75 Å². The molecule has 0 aromatic heterocycles. The number of alkyl halides is 3. The van der Waals surface area contributed by atoms with Gasteiger partial charge in [-0.05, 0) is 32.0 Å². The lowest BCUT2D eigenvalue weighted by atomic mass is 10.1. The Bertz CT molecular complexity index is 399. The van der Waals surface area contributed by atoms with E-state index < -0.39 is 17.3 Å². The topological polar surface area (TPSA) is 35.2 Å². The molecule has 0 amide bonds. The quantitative estimate of drug-likeness (QED) is 0.926. The highest BCUT2D eigenvalue weighted by atomic mass is 79.9. The van der Waals surface area contributed by atoms with Crippen LogP contribution in [0.4, 0.5) is 13.2 Å². The molecule has 1 aromatic carbocycles. The van der Waals surface area contributed by atoms with E-state index in [-0.39, 0.29) is 12.4 Å². The molecular formula is C11H13BrF3NO. The number of nitrogens with two attached hydrogens (primary N) is 1. The molecule has 17 heavy (non-hydrogen) atoms. The van der Waals surface area contributed by atoms with Crippen LogP contribution in [0.2, 0.25) is 0 Å². The van der Waals surface area contributed by atoms with Gasteiger partial charge < -0.3 is 10.5 Å². The maximum atomic E-state index is 12.7. The van der Waals surface area contributed by atoms with E-state index in [1.165, 1.54) is 12.1 Å². The van der Waals surface area contributed by atoms with Crippen LogP contribution in [0.15, 0.2) is 22.7 Å². The zero-order valence-corrected chi connectivity index (χ0v) is 11.0. The van der Waals surface area contributed by atoms with Gasteiger partial charge in [0.15, 0.2) is 0 Å². The summed E-state index contributed by atoms with van der Waals surface area (Å²) in [4.78, 5) is 0. The molecule has 0 fully saturated rings. The molecule has 1 rings (SSSR count). The van der Waals surface area contributed by atoms with Crippen LogP contribution in [-0.4, -0.2) is 12.1 Å². The molecule has 2 N–H and O–H groups in total. The Hall–Kier alpha value is -0.750. The molecule has 0 aliphatic rings. The Morgan fingerprint density at radius 2 is 1.88 bits per heavy atom. The second-order valence-corrected chi connectivity index (χ2v) is 5.33. The SMILES string of the molecule is CC(C)(N)COc1cc(Br)ccc1C(F)(F)F. The molecule has 0 bridgehead atoms. The Balaban J connectivity index is 3.00. The van der Waals surface area contributed by atoms with Crippen molar-refractivity contribution in [3.05, 3.63) is 28.2 Å². The molecule has 6 heteroatoms. The summed E-state index contributed by atoms with van der Waals surface area (Å²) >= 11 is 3.10. The maximum Gasteiger partial charge on any atom is 0.419 e. The van der Waals surface area contributed by atoms with E-state index in [1.54, 1.807) is 13.8 Å². The largest absolute Gasteiger partial charge is 0.491 e. The minimum absolute atomic E-state index is 0.00648. The van der Waals surface area contributed by atoms with Crippen molar-refractivity contribution >= 4 is 15.9 Å². The summed E-state index contributed by atoms with van der Waals surface area (Å²) in [7, 11) is 0. The predicted octanol–water partition coefficient (Wildman–Crippen LogP) is 3.58. The van der Waals surface area contributed by atoms with Gasteiger partial charge in [0.1, 0.15) is 12.4 Å². The number of hydrogen-bond acceptors (Lipinski definition) is 2. The molecular weight excluding hydrogens is 299 g/mol. The van der Waals surface area contributed by atoms with Gasteiger partial charge in [0.05, 0.1) is 5.56 Å². The van der Waals surface area contributed by atoms with Crippen LogP contribution in [0.3, 0.4) is 0 Å². The van der Waals surface area contributed by atoms with Gasteiger partial charge in [-0.3, -0.25) is 0 Å². The molecule has 96 valence electrons. The summed E-state index contributed by atoms with van der Waals surface area (Å²) in [5, 5.41) is 0. The first kappa shape index (κ1) is 14.3. The van der Waals surface area contributed by atoms with E-state index in [0.29, 0.717) is 4.47 Å². The average Bonchev–Trinajstić information content (AvgIpc) is 2.11. The zero-order chi connectivity index (χ0) is 13.3. The van der Waals surface area contributed by atoms with Gasteiger partial charge in [-0.1, -0.05) is 15.9 Å². The Morgan fingerprint density at radius 1 is 1.29 bits per heavy atom. The molecule has 0 saturated heterocycles. The highest BCUT2D eigenvalue weighted by Crippen LogP contribution is 2.37. The van der Waals surface area contributed by atoms with Gasteiger partial charge in [-0.2, -0.15) is 13.2 Å². The van der Waals surface area contributed by atoms with Gasteiger partial charge >= 0.3 is 6.18 Å². The highest BCUT2D eigenvalue weighted by molar-refractivity contribution is 9.10. The van der Waals surface area contributed by atoms with E-state index >= 15 is 0 Å². The van der Waals surface area contributed by atoms with Crippen LogP contribution in [-0.2, 0) is 6.18 Å². The van der Waals surface area contributed by atoms with Crippen molar-refractivity contribution in [3.8, 4) is 5.75 Å². The first-order valence-corrected chi connectivity index (χ1v) is 5.67. The maximum absolute atomic E-state index is 12.7. The highest BCUT2D eigenvalue weighted by Gasteiger charge is 2.34. The summed E-state index contributed by atoms with van der Waals surface area (Å²) in [5.41, 5.74) is 4.17. The Kier molecular flexibility index (Phi) is 4.09. The first-order chi connectivity index (χ1) is 7.59. The first-order valence-electron chi connectivity index (χ1n) is 4.88. The fraction of sp³-hybridized carbons (Fsp3) is 0.455. The van der Waals surface area contributed by atoms with E-state index in [4.69, 9.17) is 10.5 Å². The minimum Gasteiger partial charge on any atom is -0.491 e. The number of ether oxygens (including phenoxy) is 1. The summed E-state index contributed by atoms with van der Waals surface area (Å²) in [6.07, 6.45) is -4.44. The lowest BCUT2D eigenvalue weighted by Gasteiger charge is -2.21. The average molecular weight is 312 g/mol. The molecule has 0 saturated carbocycles. The van der Waals surface area contributed by atoms with E-state index in [1.807, 2.05) is 0 Å². The van der Waals surface area contributed by atoms with Crippen molar-refractivity contribution in [2.45, 2.75) is 25.6 Å². The molecule has 0 unspecified atom stereocenters. The third-order valence-electron chi connectivity index (χ3n) is 1.85. The van der Waals surface area contributed by atoms with Crippen molar-refractivity contribution in [1.82, 2.24) is 0 Å². The standard InChI is InChI=1S/C11H13BrF3NO/c1-10(2,16)6-17-9-5-7(12)3-4-8(9)11(13,14)15/h3-5H,6,16H2,1-2H3. The fourth-order valence-corrected chi connectivity index (χ4v) is 1.45. The summed E-state index contributed by atoms with van der Waals surface area (Å²) in [5.74, 6) is -0.217. The van der Waals surface area contributed by atoms with Crippen LogP contribution in [0.25, 0.3) is 0 Å². The monoisotopic (exact) mass is 311 g/mol. The van der Waals surface area contributed by atoms with Crippen molar-refractivity contribution in [3.63, 3.8) is 0 Å².